The molecule has 15 heavy (non-hydrogen) atoms. The minimum Gasteiger partial charge on any atom is -0.366 e. The van der Waals surface area contributed by atoms with Crippen molar-refractivity contribution in [3.8, 4) is 0 Å². The fourth-order valence-corrected chi connectivity index (χ4v) is 2.01. The van der Waals surface area contributed by atoms with Gasteiger partial charge in [-0.2, -0.15) is 0 Å². The standard InChI is InChI=1S/C11H16ClN3/c1-15-7-4-9(5-8-15)14-11-10(12)3-2-6-13-11/h2-3,6,9H,4-5,7-8H2,1H3,(H,13,14). The van der Waals surface area contributed by atoms with Crippen molar-refractivity contribution in [2.24, 2.45) is 0 Å². The lowest BCUT2D eigenvalue weighted by atomic mass is 10.1. The average Bonchev–Trinajstić information content (AvgIpc) is 2.25. The summed E-state index contributed by atoms with van der Waals surface area (Å²) in [6, 6.07) is 4.22. The number of halogens is 1. The maximum Gasteiger partial charge on any atom is 0.144 e. The third-order valence-electron chi connectivity index (χ3n) is 2.82. The smallest absolute Gasteiger partial charge is 0.144 e. The van der Waals surface area contributed by atoms with Gasteiger partial charge >= 0.3 is 0 Å². The molecule has 3 nitrogen and oxygen atoms in total. The van der Waals surface area contributed by atoms with Crippen LogP contribution in [-0.2, 0) is 0 Å². The molecule has 1 aliphatic heterocycles. The van der Waals surface area contributed by atoms with Gasteiger partial charge in [-0.25, -0.2) is 4.98 Å². The summed E-state index contributed by atoms with van der Waals surface area (Å²) in [6.45, 7) is 2.28. The highest BCUT2D eigenvalue weighted by molar-refractivity contribution is 6.32. The van der Waals surface area contributed by atoms with Gasteiger partial charge in [-0.05, 0) is 45.1 Å². The summed E-state index contributed by atoms with van der Waals surface area (Å²) in [4.78, 5) is 6.58. The molecule has 0 bridgehead atoms. The Labute approximate surface area is 95.4 Å². The van der Waals surface area contributed by atoms with Crippen LogP contribution in [0.25, 0.3) is 0 Å². The number of nitrogens with one attached hydrogen (secondary N) is 1. The molecule has 1 aromatic heterocycles. The first kappa shape index (κ1) is 10.7. The van der Waals surface area contributed by atoms with Crippen molar-refractivity contribution in [2.45, 2.75) is 18.9 Å². The molecule has 0 atom stereocenters. The van der Waals surface area contributed by atoms with E-state index in [-0.39, 0.29) is 0 Å². The van der Waals surface area contributed by atoms with E-state index in [0.717, 1.165) is 31.7 Å². The molecule has 0 spiro atoms. The van der Waals surface area contributed by atoms with Crippen LogP contribution in [0.5, 0.6) is 0 Å². The molecular weight excluding hydrogens is 210 g/mol. The summed E-state index contributed by atoms with van der Waals surface area (Å²) in [7, 11) is 2.16. The van der Waals surface area contributed by atoms with Crippen molar-refractivity contribution in [2.75, 3.05) is 25.5 Å². The molecular formula is C11H16ClN3. The molecule has 0 aliphatic carbocycles. The van der Waals surface area contributed by atoms with Gasteiger partial charge in [0.05, 0.1) is 5.02 Å². The number of hydrogen-bond acceptors (Lipinski definition) is 3. The number of rotatable bonds is 2. The Kier molecular flexibility index (Phi) is 3.44. The second-order valence-electron chi connectivity index (χ2n) is 4.06. The summed E-state index contributed by atoms with van der Waals surface area (Å²) < 4.78 is 0. The summed E-state index contributed by atoms with van der Waals surface area (Å²) in [5, 5.41) is 4.10. The van der Waals surface area contributed by atoms with Crippen molar-refractivity contribution in [3.63, 3.8) is 0 Å². The minimum absolute atomic E-state index is 0.508. The molecule has 1 aliphatic rings. The van der Waals surface area contributed by atoms with Crippen LogP contribution in [0, 0.1) is 0 Å². The molecule has 1 N–H and O–H groups in total. The largest absolute Gasteiger partial charge is 0.366 e. The predicted molar refractivity (Wildman–Crippen MR) is 63.4 cm³/mol. The molecule has 2 heterocycles. The van der Waals surface area contributed by atoms with Gasteiger partial charge in [0.1, 0.15) is 5.82 Å². The highest BCUT2D eigenvalue weighted by atomic mass is 35.5. The van der Waals surface area contributed by atoms with E-state index < -0.39 is 0 Å². The zero-order valence-corrected chi connectivity index (χ0v) is 9.67. The normalized spacial score (nSPS) is 19.1. The van der Waals surface area contributed by atoms with Gasteiger partial charge in [0.25, 0.3) is 0 Å². The summed E-state index contributed by atoms with van der Waals surface area (Å²) in [6.07, 6.45) is 4.08. The lowest BCUT2D eigenvalue weighted by molar-refractivity contribution is 0.263. The van der Waals surface area contributed by atoms with E-state index in [9.17, 15) is 0 Å². The Balaban J connectivity index is 1.95. The van der Waals surface area contributed by atoms with Gasteiger partial charge in [0.2, 0.25) is 0 Å². The maximum absolute atomic E-state index is 6.04. The van der Waals surface area contributed by atoms with Crippen molar-refractivity contribution < 1.29 is 0 Å². The SMILES string of the molecule is CN1CCC(Nc2ncccc2Cl)CC1. The Bertz CT molecular complexity index is 321. The topological polar surface area (TPSA) is 28.2 Å². The summed E-state index contributed by atoms with van der Waals surface area (Å²) in [5.74, 6) is 0.814. The molecule has 4 heteroatoms. The summed E-state index contributed by atoms with van der Waals surface area (Å²) >= 11 is 6.04. The van der Waals surface area contributed by atoms with E-state index in [1.165, 1.54) is 0 Å². The average molecular weight is 226 g/mol. The lowest BCUT2D eigenvalue weighted by Gasteiger charge is -2.29. The number of nitrogens with zero attached hydrogens (tertiary/aromatic N) is 2. The molecule has 0 radical (unpaired) electrons. The Hall–Kier alpha value is -0.800. The monoisotopic (exact) mass is 225 g/mol. The van der Waals surface area contributed by atoms with E-state index in [0.29, 0.717) is 11.1 Å². The fraction of sp³-hybridized carbons (Fsp3) is 0.545. The zero-order valence-electron chi connectivity index (χ0n) is 8.91. The molecule has 1 aromatic rings. The highest BCUT2D eigenvalue weighted by Crippen LogP contribution is 2.21. The molecule has 0 unspecified atom stereocenters. The van der Waals surface area contributed by atoms with Crippen LogP contribution in [0.2, 0.25) is 5.02 Å². The number of piperidine rings is 1. The second kappa shape index (κ2) is 4.81. The quantitative estimate of drug-likeness (QED) is 0.837. The number of anilines is 1. The Morgan fingerprint density at radius 1 is 1.47 bits per heavy atom. The molecule has 0 aromatic carbocycles. The van der Waals surface area contributed by atoms with Crippen LogP contribution < -0.4 is 5.32 Å². The lowest BCUT2D eigenvalue weighted by Crippen LogP contribution is -2.36. The Morgan fingerprint density at radius 3 is 2.87 bits per heavy atom. The Morgan fingerprint density at radius 2 is 2.20 bits per heavy atom. The fourth-order valence-electron chi connectivity index (χ4n) is 1.84. The zero-order chi connectivity index (χ0) is 10.7. The number of aromatic nitrogens is 1. The first-order chi connectivity index (χ1) is 7.25. The molecule has 0 amide bonds. The van der Waals surface area contributed by atoms with Gasteiger partial charge < -0.3 is 10.2 Å². The molecule has 1 saturated heterocycles. The van der Waals surface area contributed by atoms with Crippen molar-refractivity contribution >= 4 is 17.4 Å². The first-order valence-electron chi connectivity index (χ1n) is 5.31. The molecule has 82 valence electrons. The van der Waals surface area contributed by atoms with Gasteiger partial charge in [-0.3, -0.25) is 0 Å². The van der Waals surface area contributed by atoms with Crippen LogP contribution in [0.1, 0.15) is 12.8 Å². The van der Waals surface area contributed by atoms with Crippen LogP contribution in [0.3, 0.4) is 0 Å². The minimum atomic E-state index is 0.508. The van der Waals surface area contributed by atoms with Crippen LogP contribution in [0.4, 0.5) is 5.82 Å². The third kappa shape index (κ3) is 2.83. The van der Waals surface area contributed by atoms with E-state index >= 15 is 0 Å². The number of pyridine rings is 1. The van der Waals surface area contributed by atoms with Crippen molar-refractivity contribution in [1.82, 2.24) is 9.88 Å². The number of hydrogen-bond donors (Lipinski definition) is 1. The van der Waals surface area contributed by atoms with E-state index in [1.54, 1.807) is 6.20 Å². The van der Waals surface area contributed by atoms with Crippen molar-refractivity contribution in [1.29, 1.82) is 0 Å². The summed E-state index contributed by atoms with van der Waals surface area (Å²) in [5.41, 5.74) is 0. The second-order valence-corrected chi connectivity index (χ2v) is 4.46. The van der Waals surface area contributed by atoms with Crippen molar-refractivity contribution in [3.05, 3.63) is 23.4 Å². The molecule has 2 rings (SSSR count). The first-order valence-corrected chi connectivity index (χ1v) is 5.69. The van der Waals surface area contributed by atoms with Gasteiger partial charge in [-0.1, -0.05) is 11.6 Å². The van der Waals surface area contributed by atoms with Crippen LogP contribution >= 0.6 is 11.6 Å². The number of likely N-dealkylation sites (tertiary alicyclic amines) is 1. The molecule has 0 saturated carbocycles. The third-order valence-corrected chi connectivity index (χ3v) is 3.12. The van der Waals surface area contributed by atoms with Crippen LogP contribution in [0.15, 0.2) is 18.3 Å². The maximum atomic E-state index is 6.04. The van der Waals surface area contributed by atoms with Gasteiger partial charge in [0, 0.05) is 12.2 Å². The van der Waals surface area contributed by atoms with E-state index in [4.69, 9.17) is 11.6 Å². The van der Waals surface area contributed by atoms with Crippen LogP contribution in [-0.4, -0.2) is 36.1 Å². The highest BCUT2D eigenvalue weighted by Gasteiger charge is 2.17. The van der Waals surface area contributed by atoms with Gasteiger partial charge in [-0.15, -0.1) is 0 Å². The predicted octanol–water partition coefficient (Wildman–Crippen LogP) is 2.24. The van der Waals surface area contributed by atoms with E-state index in [1.807, 2.05) is 12.1 Å². The molecule has 1 fully saturated rings. The van der Waals surface area contributed by atoms with Gasteiger partial charge in [0.15, 0.2) is 0 Å². The van der Waals surface area contributed by atoms with E-state index in [2.05, 4.69) is 22.2 Å².